The monoisotopic (exact) mass is 379 g/mol. The summed E-state index contributed by atoms with van der Waals surface area (Å²) < 4.78 is 10.4. The first-order chi connectivity index (χ1) is 13.2. The third-order valence-electron chi connectivity index (χ3n) is 3.71. The highest BCUT2D eigenvalue weighted by molar-refractivity contribution is 7.80. The molecule has 27 heavy (non-hydrogen) atoms. The van der Waals surface area contributed by atoms with Crippen LogP contribution in [0.3, 0.4) is 0 Å². The first-order valence-corrected chi connectivity index (χ1v) is 8.56. The molecule has 0 spiro atoms. The van der Waals surface area contributed by atoms with E-state index in [9.17, 15) is 0 Å². The molecule has 0 saturated carbocycles. The third-order valence-corrected chi connectivity index (χ3v) is 3.96. The molecule has 2 N–H and O–H groups in total. The lowest BCUT2D eigenvalue weighted by atomic mass is 10.1. The molecule has 1 aromatic heterocycles. The van der Waals surface area contributed by atoms with Gasteiger partial charge in [0, 0.05) is 11.3 Å². The Bertz CT molecular complexity index is 945. The van der Waals surface area contributed by atoms with Crippen LogP contribution < -0.4 is 15.4 Å². The fourth-order valence-electron chi connectivity index (χ4n) is 2.31. The van der Waals surface area contributed by atoms with Gasteiger partial charge in [0.2, 0.25) is 11.7 Å². The summed E-state index contributed by atoms with van der Waals surface area (Å²) in [5.41, 5.74) is 2.63. The van der Waals surface area contributed by atoms with Crippen molar-refractivity contribution in [1.29, 1.82) is 5.26 Å². The van der Waals surface area contributed by atoms with Crippen molar-refractivity contribution < 1.29 is 9.26 Å². The molecule has 8 heteroatoms. The van der Waals surface area contributed by atoms with Crippen LogP contribution in [-0.2, 0) is 13.0 Å². The van der Waals surface area contributed by atoms with Crippen LogP contribution in [0.25, 0.3) is 11.4 Å². The minimum atomic E-state index is 0.307. The van der Waals surface area contributed by atoms with E-state index in [0.29, 0.717) is 29.8 Å². The van der Waals surface area contributed by atoms with Gasteiger partial charge in [0.1, 0.15) is 5.75 Å². The molecule has 0 aliphatic carbocycles. The smallest absolute Gasteiger partial charge is 0.246 e. The zero-order valence-electron chi connectivity index (χ0n) is 14.6. The Kier molecular flexibility index (Phi) is 5.97. The van der Waals surface area contributed by atoms with Gasteiger partial charge in [-0.3, -0.25) is 0 Å². The van der Waals surface area contributed by atoms with E-state index < -0.39 is 0 Å². The Morgan fingerprint density at radius 1 is 1.19 bits per heavy atom. The molecule has 7 nitrogen and oxygen atoms in total. The van der Waals surface area contributed by atoms with E-state index in [1.165, 1.54) is 0 Å². The van der Waals surface area contributed by atoms with Gasteiger partial charge in [0.05, 0.1) is 26.1 Å². The van der Waals surface area contributed by atoms with Crippen LogP contribution in [0.5, 0.6) is 5.75 Å². The maximum Gasteiger partial charge on any atom is 0.246 e. The molecule has 0 aliphatic rings. The molecule has 0 bridgehead atoms. The van der Waals surface area contributed by atoms with Crippen LogP contribution in [0, 0.1) is 11.3 Å². The van der Waals surface area contributed by atoms with E-state index in [1.54, 1.807) is 7.11 Å². The van der Waals surface area contributed by atoms with Crippen molar-refractivity contribution >= 4 is 23.0 Å². The fourth-order valence-corrected chi connectivity index (χ4v) is 2.50. The Morgan fingerprint density at radius 3 is 2.59 bits per heavy atom. The van der Waals surface area contributed by atoms with E-state index in [4.69, 9.17) is 26.7 Å². The predicted molar refractivity (Wildman–Crippen MR) is 105 cm³/mol. The maximum absolute atomic E-state index is 8.69. The van der Waals surface area contributed by atoms with Crippen molar-refractivity contribution in [2.75, 3.05) is 12.4 Å². The number of rotatable bonds is 6. The van der Waals surface area contributed by atoms with Crippen LogP contribution in [-0.4, -0.2) is 22.4 Å². The molecule has 3 aromatic rings. The second kappa shape index (κ2) is 8.78. The molecule has 0 amide bonds. The molecule has 0 saturated heterocycles. The lowest BCUT2D eigenvalue weighted by Crippen LogP contribution is -2.28. The first-order valence-electron chi connectivity index (χ1n) is 8.15. The number of nitrogens with zero attached hydrogens (tertiary/aromatic N) is 3. The minimum Gasteiger partial charge on any atom is -0.497 e. The second-order valence-corrected chi connectivity index (χ2v) is 5.99. The van der Waals surface area contributed by atoms with Crippen molar-refractivity contribution in [2.24, 2.45) is 0 Å². The summed E-state index contributed by atoms with van der Waals surface area (Å²) in [6, 6.07) is 17.0. The summed E-state index contributed by atoms with van der Waals surface area (Å²) in [5.74, 6) is 1.69. The van der Waals surface area contributed by atoms with Gasteiger partial charge in [-0.1, -0.05) is 17.3 Å². The molecular weight excluding hydrogens is 362 g/mol. The number of hydrogen-bond donors (Lipinski definition) is 2. The van der Waals surface area contributed by atoms with Gasteiger partial charge < -0.3 is 19.9 Å². The molecule has 1 heterocycles. The standard InChI is InChI=1S/C19H17N5O2S/c1-25-16-8-4-14(5-9-16)18-23-17(26-24-18)12-21-19(27)22-15-6-2-13(3-7-15)10-11-20/h2-9H,10,12H2,1H3,(H2,21,22,27). The Labute approximate surface area is 162 Å². The number of methoxy groups -OCH3 is 1. The van der Waals surface area contributed by atoms with Gasteiger partial charge in [-0.25, -0.2) is 0 Å². The number of ether oxygens (including phenoxy) is 1. The summed E-state index contributed by atoms with van der Waals surface area (Å²) in [5, 5.41) is 19.2. The maximum atomic E-state index is 8.69. The number of benzene rings is 2. The number of nitrogens with one attached hydrogen (secondary N) is 2. The lowest BCUT2D eigenvalue weighted by molar-refractivity contribution is 0.376. The number of hydrogen-bond acceptors (Lipinski definition) is 6. The lowest BCUT2D eigenvalue weighted by Gasteiger charge is -2.09. The van der Waals surface area contributed by atoms with E-state index in [0.717, 1.165) is 22.6 Å². The van der Waals surface area contributed by atoms with Crippen LogP contribution >= 0.6 is 12.2 Å². The van der Waals surface area contributed by atoms with Crippen molar-refractivity contribution in [3.63, 3.8) is 0 Å². The van der Waals surface area contributed by atoms with E-state index in [-0.39, 0.29) is 0 Å². The summed E-state index contributed by atoms with van der Waals surface area (Å²) in [7, 11) is 1.62. The van der Waals surface area contributed by atoms with Gasteiger partial charge in [0.15, 0.2) is 5.11 Å². The van der Waals surface area contributed by atoms with Crippen LogP contribution in [0.15, 0.2) is 53.1 Å². The summed E-state index contributed by atoms with van der Waals surface area (Å²) >= 11 is 5.27. The van der Waals surface area contributed by atoms with Gasteiger partial charge in [-0.2, -0.15) is 10.2 Å². The van der Waals surface area contributed by atoms with Crippen molar-refractivity contribution in [2.45, 2.75) is 13.0 Å². The molecule has 136 valence electrons. The number of thiocarbonyl (C=S) groups is 1. The fraction of sp³-hybridized carbons (Fsp3) is 0.158. The van der Waals surface area contributed by atoms with Gasteiger partial charge in [-0.15, -0.1) is 0 Å². The largest absolute Gasteiger partial charge is 0.497 e. The zero-order chi connectivity index (χ0) is 19.1. The first kappa shape index (κ1) is 18.4. The number of anilines is 1. The minimum absolute atomic E-state index is 0.307. The number of aromatic nitrogens is 2. The normalized spacial score (nSPS) is 10.1. The number of nitriles is 1. The summed E-state index contributed by atoms with van der Waals surface area (Å²) in [6.07, 6.45) is 0.386. The highest BCUT2D eigenvalue weighted by Crippen LogP contribution is 2.19. The van der Waals surface area contributed by atoms with E-state index >= 15 is 0 Å². The highest BCUT2D eigenvalue weighted by atomic mass is 32.1. The molecule has 2 aromatic carbocycles. The SMILES string of the molecule is COc1ccc(-c2noc(CNC(=S)Nc3ccc(CC#N)cc3)n2)cc1. The van der Waals surface area contributed by atoms with Crippen molar-refractivity contribution in [3.05, 3.63) is 60.0 Å². The molecule has 0 fully saturated rings. The van der Waals surface area contributed by atoms with Gasteiger partial charge >= 0.3 is 0 Å². The Morgan fingerprint density at radius 2 is 1.93 bits per heavy atom. The van der Waals surface area contributed by atoms with Gasteiger partial charge in [0.25, 0.3) is 0 Å². The second-order valence-electron chi connectivity index (χ2n) is 5.58. The molecular formula is C19H17N5O2S. The predicted octanol–water partition coefficient (Wildman–Crippen LogP) is 3.30. The zero-order valence-corrected chi connectivity index (χ0v) is 15.4. The molecule has 0 radical (unpaired) electrons. The van der Waals surface area contributed by atoms with Crippen molar-refractivity contribution in [3.8, 4) is 23.2 Å². The quantitative estimate of drug-likeness (QED) is 0.630. The average molecular weight is 379 g/mol. The summed E-state index contributed by atoms with van der Waals surface area (Å²) in [4.78, 5) is 4.35. The van der Waals surface area contributed by atoms with E-state index in [2.05, 4.69) is 26.8 Å². The van der Waals surface area contributed by atoms with Crippen LogP contribution in [0.1, 0.15) is 11.5 Å². The van der Waals surface area contributed by atoms with Crippen molar-refractivity contribution in [1.82, 2.24) is 15.5 Å². The molecule has 3 rings (SSSR count). The average Bonchev–Trinajstić information content (AvgIpc) is 3.17. The topological polar surface area (TPSA) is 96.0 Å². The van der Waals surface area contributed by atoms with Crippen LogP contribution in [0.2, 0.25) is 0 Å². The molecule has 0 aliphatic heterocycles. The Balaban J connectivity index is 1.53. The molecule has 0 atom stereocenters. The Hall–Kier alpha value is -3.44. The summed E-state index contributed by atoms with van der Waals surface area (Å²) in [6.45, 7) is 0.307. The highest BCUT2D eigenvalue weighted by Gasteiger charge is 2.09. The van der Waals surface area contributed by atoms with Gasteiger partial charge in [-0.05, 0) is 54.2 Å². The molecule has 0 unspecified atom stereocenters. The van der Waals surface area contributed by atoms with E-state index in [1.807, 2.05) is 48.5 Å². The third kappa shape index (κ3) is 5.03. The van der Waals surface area contributed by atoms with Crippen LogP contribution in [0.4, 0.5) is 5.69 Å².